The minimum Gasteiger partial charge on any atom is -0.300 e. The highest BCUT2D eigenvalue weighted by Gasteiger charge is 2.37. The molecule has 0 radical (unpaired) electrons. The van der Waals surface area contributed by atoms with Crippen LogP contribution in [0.1, 0.15) is 11.4 Å². The first-order valence-electron chi connectivity index (χ1n) is 7.56. The predicted molar refractivity (Wildman–Crippen MR) is 97.5 cm³/mol. The van der Waals surface area contributed by atoms with Crippen molar-refractivity contribution in [2.45, 2.75) is 13.3 Å². The number of hydrogen-bond acceptors (Lipinski definition) is 6. The first-order chi connectivity index (χ1) is 12.0. The Morgan fingerprint density at radius 1 is 1.44 bits per heavy atom. The third kappa shape index (κ3) is 3.02. The number of anilines is 2. The third-order valence-electron chi connectivity index (χ3n) is 4.01. The molecule has 2 N–H and O–H groups in total. The van der Waals surface area contributed by atoms with Gasteiger partial charge in [-0.25, -0.2) is 0 Å². The second-order valence-corrected chi connectivity index (χ2v) is 7.86. The van der Waals surface area contributed by atoms with Crippen molar-refractivity contribution in [3.63, 3.8) is 0 Å². The quantitative estimate of drug-likeness (QED) is 0.676. The summed E-state index contributed by atoms with van der Waals surface area (Å²) in [7, 11) is 0. The van der Waals surface area contributed by atoms with Gasteiger partial charge in [0.25, 0.3) is 0 Å². The summed E-state index contributed by atoms with van der Waals surface area (Å²) < 4.78 is 0.924. The van der Waals surface area contributed by atoms with E-state index in [0.29, 0.717) is 17.5 Å². The fourth-order valence-electron chi connectivity index (χ4n) is 2.83. The van der Waals surface area contributed by atoms with E-state index in [1.807, 2.05) is 25.1 Å². The van der Waals surface area contributed by atoms with E-state index in [0.717, 1.165) is 20.4 Å². The second kappa shape index (κ2) is 6.19. The Hall–Kier alpha value is -2.33. The summed E-state index contributed by atoms with van der Waals surface area (Å²) in [6.07, 6.45) is 0.147. The van der Waals surface area contributed by atoms with Crippen LogP contribution in [0.25, 0.3) is 10.9 Å². The number of fused-ring (bicyclic) bond motifs is 1. The largest absolute Gasteiger partial charge is 0.300 e. The number of halogens is 1. The summed E-state index contributed by atoms with van der Waals surface area (Å²) >= 11 is 4.71. The van der Waals surface area contributed by atoms with Gasteiger partial charge in [0.2, 0.25) is 16.9 Å². The molecule has 1 fully saturated rings. The molecular weight excluding hydrogens is 408 g/mol. The van der Waals surface area contributed by atoms with E-state index < -0.39 is 5.92 Å². The van der Waals surface area contributed by atoms with Gasteiger partial charge in [0.15, 0.2) is 5.82 Å². The molecule has 8 nitrogen and oxygen atoms in total. The number of carbonyl (C=O) groups excluding carboxylic acids is 2. The maximum atomic E-state index is 12.4. The summed E-state index contributed by atoms with van der Waals surface area (Å²) in [5, 5.41) is 19.7. The molecule has 1 aromatic carbocycles. The van der Waals surface area contributed by atoms with Gasteiger partial charge in [0.1, 0.15) is 5.01 Å². The first kappa shape index (κ1) is 16.2. The van der Waals surface area contributed by atoms with E-state index in [1.165, 1.54) is 11.3 Å². The van der Waals surface area contributed by atoms with E-state index in [2.05, 4.69) is 41.6 Å². The highest BCUT2D eigenvalue weighted by molar-refractivity contribution is 9.10. The molecule has 0 aliphatic carbocycles. The summed E-state index contributed by atoms with van der Waals surface area (Å²) in [6, 6.07) is 5.68. The van der Waals surface area contributed by atoms with Crippen molar-refractivity contribution in [3.05, 3.63) is 27.7 Å². The molecule has 1 saturated heterocycles. The molecule has 3 heterocycles. The van der Waals surface area contributed by atoms with Crippen molar-refractivity contribution in [2.24, 2.45) is 5.92 Å². The molecule has 128 valence electrons. The molecule has 2 amide bonds. The van der Waals surface area contributed by atoms with Crippen molar-refractivity contribution in [3.8, 4) is 0 Å². The van der Waals surface area contributed by atoms with Gasteiger partial charge in [-0.05, 0) is 25.1 Å². The average Bonchev–Trinajstić information content (AvgIpc) is 3.25. The van der Waals surface area contributed by atoms with E-state index in [9.17, 15) is 9.59 Å². The number of hydrogen-bond donors (Lipinski definition) is 2. The molecule has 1 atom stereocenters. The Balaban J connectivity index is 1.54. The standard InChI is InChI=1S/C15H13BrN6O2S/c1-7-18-21-15(25-7)17-14(24)8-4-12(23)22(6-8)13-10-3-2-9(16)5-11(10)19-20-13/h2-3,5,8H,4,6H2,1H3,(H,19,20)(H,17,21,24)/t8-/m0/s1. The molecule has 0 bridgehead atoms. The van der Waals surface area contributed by atoms with E-state index in [4.69, 9.17) is 0 Å². The normalized spacial score (nSPS) is 17.4. The van der Waals surface area contributed by atoms with E-state index in [-0.39, 0.29) is 18.2 Å². The Morgan fingerprint density at radius 3 is 3.04 bits per heavy atom. The molecule has 3 aromatic rings. The van der Waals surface area contributed by atoms with Crippen LogP contribution in [-0.2, 0) is 9.59 Å². The Morgan fingerprint density at radius 2 is 2.28 bits per heavy atom. The number of aromatic nitrogens is 4. The first-order valence-corrected chi connectivity index (χ1v) is 9.17. The second-order valence-electron chi connectivity index (χ2n) is 5.76. The number of aryl methyl sites for hydroxylation is 1. The fraction of sp³-hybridized carbons (Fsp3) is 0.267. The molecule has 0 saturated carbocycles. The molecule has 25 heavy (non-hydrogen) atoms. The maximum Gasteiger partial charge on any atom is 0.231 e. The molecule has 0 unspecified atom stereocenters. The number of amides is 2. The molecule has 0 spiro atoms. The summed E-state index contributed by atoms with van der Waals surface area (Å²) in [6.45, 7) is 2.10. The number of H-pyrrole nitrogens is 1. The number of benzene rings is 1. The zero-order chi connectivity index (χ0) is 17.6. The number of rotatable bonds is 3. The Kier molecular flexibility index (Phi) is 4.00. The number of nitrogens with one attached hydrogen (secondary N) is 2. The summed E-state index contributed by atoms with van der Waals surface area (Å²) in [4.78, 5) is 26.4. The van der Waals surface area contributed by atoms with Gasteiger partial charge in [-0.15, -0.1) is 10.2 Å². The van der Waals surface area contributed by atoms with Crippen molar-refractivity contribution >= 4 is 60.9 Å². The minimum absolute atomic E-state index is 0.120. The third-order valence-corrected chi connectivity index (χ3v) is 5.26. The van der Waals surface area contributed by atoms with Crippen LogP contribution in [0.2, 0.25) is 0 Å². The van der Waals surface area contributed by atoms with E-state index >= 15 is 0 Å². The van der Waals surface area contributed by atoms with Crippen LogP contribution in [-0.4, -0.2) is 38.8 Å². The topological polar surface area (TPSA) is 104 Å². The van der Waals surface area contributed by atoms with E-state index in [1.54, 1.807) is 4.90 Å². The van der Waals surface area contributed by atoms with Gasteiger partial charge in [-0.1, -0.05) is 27.3 Å². The van der Waals surface area contributed by atoms with Gasteiger partial charge in [-0.3, -0.25) is 19.6 Å². The predicted octanol–water partition coefficient (Wildman–Crippen LogP) is 2.48. The molecule has 10 heteroatoms. The average molecular weight is 421 g/mol. The van der Waals surface area contributed by atoms with Gasteiger partial charge < -0.3 is 5.32 Å². The van der Waals surface area contributed by atoms with Gasteiger partial charge in [0, 0.05) is 22.8 Å². The van der Waals surface area contributed by atoms with Crippen LogP contribution < -0.4 is 10.2 Å². The van der Waals surface area contributed by atoms with Gasteiger partial charge in [-0.2, -0.15) is 5.10 Å². The van der Waals surface area contributed by atoms with Crippen molar-refractivity contribution in [1.82, 2.24) is 20.4 Å². The van der Waals surface area contributed by atoms with Crippen LogP contribution in [0.4, 0.5) is 10.9 Å². The van der Waals surface area contributed by atoms with Crippen molar-refractivity contribution in [2.75, 3.05) is 16.8 Å². The Labute approximate surface area is 154 Å². The van der Waals surface area contributed by atoms with Crippen molar-refractivity contribution < 1.29 is 9.59 Å². The minimum atomic E-state index is -0.445. The SMILES string of the molecule is Cc1nnc(NC(=O)[C@H]2CC(=O)N(c3n[nH]c4cc(Br)ccc34)C2)s1. The molecular formula is C15H13BrN6O2S. The lowest BCUT2D eigenvalue weighted by Gasteiger charge is -2.13. The molecule has 1 aliphatic heterocycles. The monoisotopic (exact) mass is 420 g/mol. The number of carbonyl (C=O) groups is 2. The molecule has 4 rings (SSSR count). The highest BCUT2D eigenvalue weighted by atomic mass is 79.9. The number of nitrogens with zero attached hydrogens (tertiary/aromatic N) is 4. The summed E-state index contributed by atoms with van der Waals surface area (Å²) in [5.41, 5.74) is 0.828. The van der Waals surface area contributed by atoms with Crippen LogP contribution in [0.5, 0.6) is 0 Å². The zero-order valence-electron chi connectivity index (χ0n) is 13.1. The lowest BCUT2D eigenvalue weighted by molar-refractivity contribution is -0.122. The van der Waals surface area contributed by atoms with Crippen LogP contribution in [0.15, 0.2) is 22.7 Å². The smallest absolute Gasteiger partial charge is 0.231 e. The lowest BCUT2D eigenvalue weighted by Crippen LogP contribution is -2.28. The maximum absolute atomic E-state index is 12.4. The van der Waals surface area contributed by atoms with Crippen molar-refractivity contribution in [1.29, 1.82) is 0 Å². The Bertz CT molecular complexity index is 983. The van der Waals surface area contributed by atoms with Crippen LogP contribution in [0.3, 0.4) is 0 Å². The van der Waals surface area contributed by atoms with Crippen LogP contribution >= 0.6 is 27.3 Å². The summed E-state index contributed by atoms with van der Waals surface area (Å²) in [5.74, 6) is -0.243. The fourth-order valence-corrected chi connectivity index (χ4v) is 3.78. The number of aromatic amines is 1. The highest BCUT2D eigenvalue weighted by Crippen LogP contribution is 2.31. The zero-order valence-corrected chi connectivity index (χ0v) is 15.5. The molecule has 1 aliphatic rings. The lowest BCUT2D eigenvalue weighted by atomic mass is 10.1. The molecule has 2 aromatic heterocycles. The van der Waals surface area contributed by atoms with Crippen LogP contribution in [0, 0.1) is 12.8 Å². The van der Waals surface area contributed by atoms with Gasteiger partial charge in [0.05, 0.1) is 11.4 Å². The van der Waals surface area contributed by atoms with Gasteiger partial charge >= 0.3 is 0 Å².